The summed E-state index contributed by atoms with van der Waals surface area (Å²) in [5.74, 6) is 0.420. The maximum Gasteiger partial charge on any atom is 0.409 e. The predicted molar refractivity (Wildman–Crippen MR) is 150 cm³/mol. The number of carbonyl (C=O) groups is 3. The molecule has 39 heavy (non-hydrogen) atoms. The van der Waals surface area contributed by atoms with Gasteiger partial charge in [-0.25, -0.2) is 9.78 Å². The van der Waals surface area contributed by atoms with Crippen LogP contribution >= 0.6 is 23.2 Å². The van der Waals surface area contributed by atoms with Crippen molar-refractivity contribution in [3.8, 4) is 11.3 Å². The van der Waals surface area contributed by atoms with Crippen molar-refractivity contribution in [2.24, 2.45) is 0 Å². The summed E-state index contributed by atoms with van der Waals surface area (Å²) in [6.07, 6.45) is 5.06. The fourth-order valence-electron chi connectivity index (χ4n) is 5.14. The van der Waals surface area contributed by atoms with Crippen molar-refractivity contribution < 1.29 is 19.5 Å². The Bertz CT molecular complexity index is 1450. The third-order valence-electron chi connectivity index (χ3n) is 7.01. The van der Waals surface area contributed by atoms with E-state index in [0.717, 1.165) is 12.0 Å². The summed E-state index contributed by atoms with van der Waals surface area (Å²) in [4.78, 5) is 47.0. The molecule has 1 fully saturated rings. The van der Waals surface area contributed by atoms with Crippen molar-refractivity contribution in [2.45, 2.75) is 44.1 Å². The Labute approximate surface area is 235 Å². The molecule has 1 saturated heterocycles. The number of rotatable bonds is 3. The molecule has 2 aliphatic heterocycles. The topological polar surface area (TPSA) is 127 Å². The van der Waals surface area contributed by atoms with Gasteiger partial charge in [-0.3, -0.25) is 14.9 Å². The number of anilines is 2. The number of H-pyrrole nitrogens is 1. The molecule has 4 N–H and O–H groups in total. The summed E-state index contributed by atoms with van der Waals surface area (Å²) in [5.41, 5.74) is 2.66. The van der Waals surface area contributed by atoms with E-state index in [1.165, 1.54) is 6.07 Å². The van der Waals surface area contributed by atoms with Crippen LogP contribution in [0.5, 0.6) is 0 Å². The van der Waals surface area contributed by atoms with Crippen LogP contribution in [0.4, 0.5) is 16.2 Å². The largest absolute Gasteiger partial charge is 0.465 e. The standard InChI is InChI=1S/C28H27Cl2N5O4/c29-18-6-4-5-16(13-18)17-11-12-35(24(37)14-17)22-7-2-1-3-8-23(36)32-21-15-19(31-28(38)39)9-10-20(21)25-26(30)34-27(22)33-25/h1-2,4-6,9-10,13,15,17,22,31H,3,7-8,11-12,14H2,(H,32,36)(H,33,34)(H,38,39)/t17?,22-/m0/s1. The third-order valence-corrected chi connectivity index (χ3v) is 7.52. The van der Waals surface area contributed by atoms with Crippen LogP contribution < -0.4 is 10.6 Å². The quantitative estimate of drug-likeness (QED) is 0.265. The number of allylic oxidation sites excluding steroid dienone is 1. The number of nitrogens with zero attached hydrogens (tertiary/aromatic N) is 2. The number of fused-ring (bicyclic) bond motifs is 4. The van der Waals surface area contributed by atoms with Gasteiger partial charge in [0.05, 0.1) is 11.7 Å². The molecule has 5 rings (SSSR count). The van der Waals surface area contributed by atoms with Gasteiger partial charge in [0.2, 0.25) is 11.8 Å². The number of amides is 3. The molecule has 2 aromatic carbocycles. The molecule has 0 aliphatic carbocycles. The first-order valence-corrected chi connectivity index (χ1v) is 13.4. The van der Waals surface area contributed by atoms with Crippen LogP contribution in [0.2, 0.25) is 10.2 Å². The molecule has 2 atom stereocenters. The van der Waals surface area contributed by atoms with E-state index < -0.39 is 6.09 Å². The summed E-state index contributed by atoms with van der Waals surface area (Å²) < 4.78 is 0. The first-order valence-electron chi connectivity index (χ1n) is 12.7. The van der Waals surface area contributed by atoms with Crippen molar-refractivity contribution in [1.29, 1.82) is 0 Å². The molecule has 3 heterocycles. The minimum Gasteiger partial charge on any atom is -0.465 e. The lowest BCUT2D eigenvalue weighted by Gasteiger charge is -2.36. The van der Waals surface area contributed by atoms with E-state index in [2.05, 4.69) is 15.6 Å². The molecule has 202 valence electrons. The first-order chi connectivity index (χ1) is 18.8. The number of piperidine rings is 1. The van der Waals surface area contributed by atoms with Gasteiger partial charge in [-0.1, -0.05) is 47.5 Å². The minimum absolute atomic E-state index is 0.0182. The van der Waals surface area contributed by atoms with Crippen LogP contribution in [-0.4, -0.2) is 44.4 Å². The van der Waals surface area contributed by atoms with E-state index in [1.807, 2.05) is 41.3 Å². The van der Waals surface area contributed by atoms with Crippen LogP contribution in [0.25, 0.3) is 11.3 Å². The van der Waals surface area contributed by atoms with Crippen LogP contribution in [-0.2, 0) is 9.59 Å². The van der Waals surface area contributed by atoms with Gasteiger partial charge in [-0.2, -0.15) is 0 Å². The zero-order valence-corrected chi connectivity index (χ0v) is 22.4. The zero-order valence-electron chi connectivity index (χ0n) is 20.9. The summed E-state index contributed by atoms with van der Waals surface area (Å²) in [7, 11) is 0. The molecule has 9 nitrogen and oxygen atoms in total. The third kappa shape index (κ3) is 6.10. The molecule has 11 heteroatoms. The van der Waals surface area contributed by atoms with Gasteiger partial charge in [0.15, 0.2) is 0 Å². The second kappa shape index (κ2) is 11.5. The Morgan fingerprint density at radius 2 is 1.97 bits per heavy atom. The molecular formula is C28H27Cl2N5O4. The van der Waals surface area contributed by atoms with E-state index in [9.17, 15) is 14.4 Å². The Balaban J connectivity index is 1.48. The highest BCUT2D eigenvalue weighted by Crippen LogP contribution is 2.39. The SMILES string of the molecule is O=C(O)Nc1ccc2c(c1)NC(=O)CCC=CC[C@H](N1CCC(c3cccc(Cl)c3)CC1=O)c1nc-2c(Cl)[nH]1. The average molecular weight is 568 g/mol. The Morgan fingerprint density at radius 1 is 1.13 bits per heavy atom. The Kier molecular flexibility index (Phi) is 7.90. The van der Waals surface area contributed by atoms with Gasteiger partial charge >= 0.3 is 6.09 Å². The number of carbonyl (C=O) groups excluding carboxylic acids is 2. The lowest BCUT2D eigenvalue weighted by atomic mass is 9.88. The number of aromatic nitrogens is 2. The highest BCUT2D eigenvalue weighted by atomic mass is 35.5. The van der Waals surface area contributed by atoms with Gasteiger partial charge in [0.1, 0.15) is 16.7 Å². The molecule has 3 amide bonds. The van der Waals surface area contributed by atoms with E-state index in [4.69, 9.17) is 33.3 Å². The minimum atomic E-state index is -1.22. The lowest BCUT2D eigenvalue weighted by molar-refractivity contribution is -0.136. The Hall–Kier alpha value is -3.82. The average Bonchev–Trinajstić information content (AvgIpc) is 3.27. The molecule has 3 aromatic rings. The maximum atomic E-state index is 13.4. The molecule has 2 bridgehead atoms. The van der Waals surface area contributed by atoms with Crippen molar-refractivity contribution in [2.75, 3.05) is 17.2 Å². The molecule has 0 spiro atoms. The summed E-state index contributed by atoms with van der Waals surface area (Å²) in [6.45, 7) is 0.545. The smallest absolute Gasteiger partial charge is 0.409 e. The normalized spacial score (nSPS) is 19.8. The van der Waals surface area contributed by atoms with E-state index >= 15 is 0 Å². The summed E-state index contributed by atoms with van der Waals surface area (Å²) in [5, 5.41) is 15.2. The summed E-state index contributed by atoms with van der Waals surface area (Å²) in [6, 6.07) is 12.0. The number of benzene rings is 2. The number of halogens is 2. The van der Waals surface area contributed by atoms with Gasteiger partial charge in [-0.15, -0.1) is 0 Å². The van der Waals surface area contributed by atoms with Crippen LogP contribution in [0.15, 0.2) is 54.6 Å². The fourth-order valence-corrected chi connectivity index (χ4v) is 5.58. The van der Waals surface area contributed by atoms with E-state index in [0.29, 0.717) is 59.3 Å². The number of likely N-dealkylation sites (tertiary alicyclic amines) is 1. The second-order valence-electron chi connectivity index (χ2n) is 9.62. The number of hydrogen-bond acceptors (Lipinski definition) is 4. The van der Waals surface area contributed by atoms with Crippen molar-refractivity contribution in [1.82, 2.24) is 14.9 Å². The number of nitrogens with one attached hydrogen (secondary N) is 3. The lowest BCUT2D eigenvalue weighted by Crippen LogP contribution is -2.41. The van der Waals surface area contributed by atoms with Crippen LogP contribution in [0, 0.1) is 0 Å². The monoisotopic (exact) mass is 567 g/mol. The zero-order chi connectivity index (χ0) is 27.5. The number of hydrogen-bond donors (Lipinski definition) is 4. The van der Waals surface area contributed by atoms with E-state index in [1.54, 1.807) is 12.1 Å². The van der Waals surface area contributed by atoms with Gasteiger partial charge < -0.3 is 20.3 Å². The number of carboxylic acid groups (broad SMARTS) is 1. The molecule has 0 radical (unpaired) electrons. The molecule has 1 aromatic heterocycles. The Morgan fingerprint density at radius 3 is 2.74 bits per heavy atom. The van der Waals surface area contributed by atoms with Gasteiger partial charge in [0.25, 0.3) is 0 Å². The molecular weight excluding hydrogens is 541 g/mol. The fraction of sp³-hybridized carbons (Fsp3) is 0.286. The molecule has 0 saturated carbocycles. The number of imidazole rings is 1. The molecule has 1 unspecified atom stereocenters. The highest BCUT2D eigenvalue weighted by Gasteiger charge is 2.34. The second-order valence-corrected chi connectivity index (χ2v) is 10.4. The van der Waals surface area contributed by atoms with E-state index in [-0.39, 0.29) is 35.3 Å². The molecule has 2 aliphatic rings. The van der Waals surface area contributed by atoms with Crippen molar-refractivity contribution >= 4 is 52.5 Å². The number of aromatic amines is 1. The predicted octanol–water partition coefficient (Wildman–Crippen LogP) is 6.60. The van der Waals surface area contributed by atoms with Gasteiger partial charge in [0, 0.05) is 35.7 Å². The summed E-state index contributed by atoms with van der Waals surface area (Å²) >= 11 is 12.8. The van der Waals surface area contributed by atoms with Crippen molar-refractivity contribution in [3.05, 3.63) is 76.2 Å². The van der Waals surface area contributed by atoms with Gasteiger partial charge in [-0.05, 0) is 61.1 Å². The maximum absolute atomic E-state index is 13.4. The van der Waals surface area contributed by atoms with Crippen LogP contribution in [0.1, 0.15) is 55.5 Å². The van der Waals surface area contributed by atoms with Crippen LogP contribution in [0.3, 0.4) is 0 Å². The highest BCUT2D eigenvalue weighted by molar-refractivity contribution is 6.32. The first kappa shape index (κ1) is 26.8. The van der Waals surface area contributed by atoms with Crippen molar-refractivity contribution in [3.63, 3.8) is 0 Å².